The standard InChI is InChI=1S/C20H19F3N3O2P/c1-10-3-11(2)16(6-13(10)9-27)24-20-25-19(28)15(22)8-26(20)7-12-4-14(21)18(23)17(29)5-12/h3-6,8,27H,7,9,29H2,1-2H3,(H,24,25,28). The van der Waals surface area contributed by atoms with E-state index in [1.165, 1.54) is 10.6 Å². The predicted molar refractivity (Wildman–Crippen MR) is 108 cm³/mol. The Morgan fingerprint density at radius 3 is 2.48 bits per heavy atom. The van der Waals surface area contributed by atoms with E-state index in [2.05, 4.69) is 19.5 Å². The van der Waals surface area contributed by atoms with Gasteiger partial charge in [0.1, 0.15) is 0 Å². The van der Waals surface area contributed by atoms with Crippen LogP contribution in [0.3, 0.4) is 0 Å². The largest absolute Gasteiger partial charge is 0.392 e. The van der Waals surface area contributed by atoms with Crippen LogP contribution in [-0.2, 0) is 13.2 Å². The number of benzene rings is 2. The number of aliphatic hydroxyl groups is 1. The summed E-state index contributed by atoms with van der Waals surface area (Å²) in [5, 5.41) is 12.5. The van der Waals surface area contributed by atoms with Crippen molar-refractivity contribution in [3.8, 4) is 0 Å². The Bertz CT molecular complexity index is 1130. The zero-order valence-electron chi connectivity index (χ0n) is 15.8. The number of hydrogen-bond acceptors (Lipinski definition) is 4. The van der Waals surface area contributed by atoms with Crippen molar-refractivity contribution in [2.24, 2.45) is 0 Å². The normalized spacial score (nSPS) is 11.0. The highest BCUT2D eigenvalue weighted by atomic mass is 31.0. The van der Waals surface area contributed by atoms with Gasteiger partial charge in [-0.3, -0.25) is 4.79 Å². The van der Waals surface area contributed by atoms with Crippen molar-refractivity contribution in [3.05, 3.63) is 80.5 Å². The molecule has 2 aromatic carbocycles. The first kappa shape index (κ1) is 21.0. The predicted octanol–water partition coefficient (Wildman–Crippen LogP) is 3.06. The fraction of sp³-hybridized carbons (Fsp3) is 0.200. The summed E-state index contributed by atoms with van der Waals surface area (Å²) in [6.45, 7) is 3.47. The van der Waals surface area contributed by atoms with Crippen LogP contribution in [0.25, 0.3) is 0 Å². The van der Waals surface area contributed by atoms with Crippen LogP contribution in [0, 0.1) is 31.3 Å². The first-order chi connectivity index (χ1) is 13.7. The number of hydrogen-bond donors (Lipinski definition) is 2. The fourth-order valence-corrected chi connectivity index (χ4v) is 3.32. The molecule has 1 unspecified atom stereocenters. The number of nitrogens with zero attached hydrogens (tertiary/aromatic N) is 2. The van der Waals surface area contributed by atoms with Crippen molar-refractivity contribution < 1.29 is 18.3 Å². The first-order valence-corrected chi connectivity index (χ1v) is 9.25. The minimum atomic E-state index is -1.07. The lowest BCUT2D eigenvalue weighted by atomic mass is 10.0. The molecule has 152 valence electrons. The number of nitrogens with one attached hydrogen (secondary N) is 1. The number of aryl methyl sites for hydroxylation is 2. The Morgan fingerprint density at radius 2 is 1.83 bits per heavy atom. The number of aromatic nitrogens is 2. The lowest BCUT2D eigenvalue weighted by Gasteiger charge is -2.17. The van der Waals surface area contributed by atoms with E-state index in [0.29, 0.717) is 16.8 Å². The van der Waals surface area contributed by atoms with E-state index in [1.807, 2.05) is 19.9 Å². The molecule has 0 spiro atoms. The minimum absolute atomic E-state index is 0.0299. The Morgan fingerprint density at radius 1 is 1.10 bits per heavy atom. The van der Waals surface area contributed by atoms with Gasteiger partial charge in [0.25, 0.3) is 0 Å². The van der Waals surface area contributed by atoms with E-state index in [4.69, 9.17) is 0 Å². The zero-order chi connectivity index (χ0) is 21.3. The second-order valence-corrected chi connectivity index (χ2v) is 7.33. The second kappa shape index (κ2) is 8.35. The molecule has 3 aromatic rings. The lowest BCUT2D eigenvalue weighted by Crippen LogP contribution is -2.20. The molecule has 0 saturated heterocycles. The van der Waals surface area contributed by atoms with Gasteiger partial charge in [0.15, 0.2) is 11.6 Å². The number of rotatable bonds is 5. The van der Waals surface area contributed by atoms with Crippen LogP contribution >= 0.6 is 9.24 Å². The van der Waals surface area contributed by atoms with Crippen molar-refractivity contribution >= 4 is 26.2 Å². The molecule has 5 nitrogen and oxygen atoms in total. The molecule has 0 radical (unpaired) electrons. The molecule has 0 bridgehead atoms. The Balaban J connectivity index is 2.04. The van der Waals surface area contributed by atoms with Gasteiger partial charge in [-0.1, -0.05) is 6.07 Å². The van der Waals surface area contributed by atoms with Crippen LogP contribution in [-0.4, -0.2) is 14.7 Å². The van der Waals surface area contributed by atoms with Gasteiger partial charge in [-0.2, -0.15) is 9.37 Å². The summed E-state index contributed by atoms with van der Waals surface area (Å²) >= 11 is 0. The second-order valence-electron chi connectivity index (χ2n) is 6.70. The maximum atomic E-state index is 13.9. The van der Waals surface area contributed by atoms with Crippen LogP contribution in [0.2, 0.25) is 0 Å². The summed E-state index contributed by atoms with van der Waals surface area (Å²) in [5.74, 6) is -3.05. The Labute approximate surface area is 167 Å². The smallest absolute Gasteiger partial charge is 0.310 e. The third-order valence-corrected chi connectivity index (χ3v) is 4.94. The molecule has 0 aliphatic rings. The molecule has 2 N–H and O–H groups in total. The molecule has 0 saturated carbocycles. The van der Waals surface area contributed by atoms with Gasteiger partial charge in [0.2, 0.25) is 11.8 Å². The Kier molecular flexibility index (Phi) is 6.05. The summed E-state index contributed by atoms with van der Waals surface area (Å²) in [7, 11) is 2.10. The van der Waals surface area contributed by atoms with Gasteiger partial charge in [-0.25, -0.2) is 8.78 Å². The van der Waals surface area contributed by atoms with E-state index in [0.717, 1.165) is 23.4 Å². The van der Waals surface area contributed by atoms with Gasteiger partial charge in [-0.05, 0) is 54.3 Å². The van der Waals surface area contributed by atoms with Crippen molar-refractivity contribution in [1.82, 2.24) is 9.55 Å². The van der Waals surface area contributed by atoms with Crippen molar-refractivity contribution in [2.75, 3.05) is 5.32 Å². The fourth-order valence-electron chi connectivity index (χ4n) is 2.97. The molecule has 1 heterocycles. The average Bonchev–Trinajstić information content (AvgIpc) is 2.65. The molecular formula is C20H19F3N3O2P. The van der Waals surface area contributed by atoms with E-state index < -0.39 is 23.0 Å². The molecular weight excluding hydrogens is 402 g/mol. The van der Waals surface area contributed by atoms with Crippen molar-refractivity contribution in [1.29, 1.82) is 0 Å². The zero-order valence-corrected chi connectivity index (χ0v) is 16.9. The van der Waals surface area contributed by atoms with Gasteiger partial charge >= 0.3 is 5.56 Å². The van der Waals surface area contributed by atoms with Crippen molar-refractivity contribution in [2.45, 2.75) is 27.0 Å². The van der Waals surface area contributed by atoms with Crippen LogP contribution < -0.4 is 16.2 Å². The summed E-state index contributed by atoms with van der Waals surface area (Å²) in [6, 6.07) is 5.98. The quantitative estimate of drug-likeness (QED) is 0.622. The summed E-state index contributed by atoms with van der Waals surface area (Å²) < 4.78 is 42.4. The van der Waals surface area contributed by atoms with Crippen molar-refractivity contribution in [3.63, 3.8) is 0 Å². The molecule has 3 rings (SSSR count). The number of aliphatic hydroxyl groups excluding tert-OH is 1. The van der Waals surface area contributed by atoms with Gasteiger partial charge in [0, 0.05) is 17.2 Å². The van der Waals surface area contributed by atoms with E-state index in [9.17, 15) is 23.1 Å². The van der Waals surface area contributed by atoms with E-state index in [1.54, 1.807) is 6.07 Å². The van der Waals surface area contributed by atoms with E-state index >= 15 is 0 Å². The molecule has 0 fully saturated rings. The first-order valence-electron chi connectivity index (χ1n) is 8.68. The van der Waals surface area contributed by atoms with Gasteiger partial charge in [0.05, 0.1) is 13.2 Å². The molecule has 1 atom stereocenters. The molecule has 29 heavy (non-hydrogen) atoms. The van der Waals surface area contributed by atoms with E-state index in [-0.39, 0.29) is 24.4 Å². The third kappa shape index (κ3) is 4.49. The maximum Gasteiger partial charge on any atom is 0.310 e. The van der Waals surface area contributed by atoms with Crippen LogP contribution in [0.1, 0.15) is 22.3 Å². The van der Waals surface area contributed by atoms with Crippen LogP contribution in [0.15, 0.2) is 35.3 Å². The lowest BCUT2D eigenvalue weighted by molar-refractivity contribution is 0.281. The highest BCUT2D eigenvalue weighted by molar-refractivity contribution is 7.27. The van der Waals surface area contributed by atoms with Crippen LogP contribution in [0.4, 0.5) is 24.8 Å². The molecule has 0 aliphatic heterocycles. The third-order valence-electron chi connectivity index (χ3n) is 4.52. The number of anilines is 2. The molecule has 0 aliphatic carbocycles. The summed E-state index contributed by atoms with van der Waals surface area (Å²) in [4.78, 5) is 15.5. The van der Waals surface area contributed by atoms with Gasteiger partial charge < -0.3 is 15.0 Å². The van der Waals surface area contributed by atoms with Gasteiger partial charge in [-0.15, -0.1) is 9.24 Å². The minimum Gasteiger partial charge on any atom is -0.392 e. The molecule has 0 amide bonds. The van der Waals surface area contributed by atoms with Crippen LogP contribution in [0.5, 0.6) is 0 Å². The maximum absolute atomic E-state index is 13.9. The summed E-state index contributed by atoms with van der Waals surface area (Å²) in [5.41, 5.74) is 2.29. The SMILES string of the molecule is Cc1cc(C)c(Nc2nc(=O)c(F)cn2Cc2cc(F)c(F)c(P)c2)cc1CO. The average molecular weight is 421 g/mol. The highest BCUT2D eigenvalue weighted by Gasteiger charge is 2.14. The highest BCUT2D eigenvalue weighted by Crippen LogP contribution is 2.24. The topological polar surface area (TPSA) is 67.2 Å². The summed E-state index contributed by atoms with van der Waals surface area (Å²) in [6.07, 6.45) is 0.956. The number of halogens is 3. The molecule has 9 heteroatoms. The molecule has 1 aromatic heterocycles. The Hall–Kier alpha value is -2.70. The monoisotopic (exact) mass is 421 g/mol.